The van der Waals surface area contributed by atoms with Gasteiger partial charge in [-0.2, -0.15) is 0 Å². The number of rotatable bonds is 3. The van der Waals surface area contributed by atoms with Crippen molar-refractivity contribution in [1.82, 2.24) is 10.3 Å². The summed E-state index contributed by atoms with van der Waals surface area (Å²) < 4.78 is 5.79. The number of nitrogens with zero attached hydrogens (tertiary/aromatic N) is 1. The normalized spacial score (nSPS) is 17.1. The molecule has 1 unspecified atom stereocenters. The molecule has 1 atom stereocenters. The number of benzene rings is 1. The lowest BCUT2D eigenvalue weighted by Crippen LogP contribution is -2.37. The monoisotopic (exact) mass is 282 g/mol. The molecule has 4 nitrogen and oxygen atoms in total. The number of aryl methyl sites for hydroxylation is 1. The molecule has 1 amide bonds. The SMILES string of the molecule is Cc1ncccc1C(=O)NCC1Cc2ccccc2CO1. The molecular formula is C17H18N2O2. The largest absolute Gasteiger partial charge is 0.371 e. The zero-order valence-corrected chi connectivity index (χ0v) is 12.0. The van der Waals surface area contributed by atoms with Crippen molar-refractivity contribution in [2.24, 2.45) is 0 Å². The average Bonchev–Trinajstić information content (AvgIpc) is 2.53. The highest BCUT2D eigenvalue weighted by atomic mass is 16.5. The third-order valence-corrected chi connectivity index (χ3v) is 3.78. The second-order valence-corrected chi connectivity index (χ2v) is 5.25. The van der Waals surface area contributed by atoms with E-state index in [0.717, 1.165) is 12.1 Å². The fourth-order valence-corrected chi connectivity index (χ4v) is 2.57. The van der Waals surface area contributed by atoms with E-state index in [9.17, 15) is 4.79 Å². The van der Waals surface area contributed by atoms with E-state index in [2.05, 4.69) is 22.4 Å². The molecule has 0 radical (unpaired) electrons. The summed E-state index contributed by atoms with van der Waals surface area (Å²) in [5.74, 6) is -0.0944. The highest BCUT2D eigenvalue weighted by Gasteiger charge is 2.19. The Hall–Kier alpha value is -2.20. The topological polar surface area (TPSA) is 51.2 Å². The van der Waals surface area contributed by atoms with E-state index in [1.807, 2.05) is 19.1 Å². The summed E-state index contributed by atoms with van der Waals surface area (Å²) in [7, 11) is 0. The summed E-state index contributed by atoms with van der Waals surface area (Å²) in [5.41, 5.74) is 3.90. The van der Waals surface area contributed by atoms with E-state index in [1.165, 1.54) is 11.1 Å². The van der Waals surface area contributed by atoms with Crippen LogP contribution in [0.5, 0.6) is 0 Å². The van der Waals surface area contributed by atoms with Crippen molar-refractivity contribution >= 4 is 5.91 Å². The van der Waals surface area contributed by atoms with Gasteiger partial charge in [-0.05, 0) is 30.2 Å². The van der Waals surface area contributed by atoms with Gasteiger partial charge in [0.1, 0.15) is 0 Å². The quantitative estimate of drug-likeness (QED) is 0.939. The Morgan fingerprint density at radius 2 is 2.10 bits per heavy atom. The Kier molecular flexibility index (Phi) is 3.97. The van der Waals surface area contributed by atoms with Gasteiger partial charge < -0.3 is 10.1 Å². The van der Waals surface area contributed by atoms with Crippen LogP contribution in [0.25, 0.3) is 0 Å². The van der Waals surface area contributed by atoms with Crippen molar-refractivity contribution in [2.45, 2.75) is 26.1 Å². The number of hydrogen-bond acceptors (Lipinski definition) is 3. The van der Waals surface area contributed by atoms with Crippen LogP contribution in [-0.4, -0.2) is 23.5 Å². The summed E-state index contributed by atoms with van der Waals surface area (Å²) >= 11 is 0. The minimum Gasteiger partial charge on any atom is -0.371 e. The summed E-state index contributed by atoms with van der Waals surface area (Å²) in [6.45, 7) is 2.96. The molecule has 0 saturated heterocycles. The van der Waals surface area contributed by atoms with Crippen LogP contribution in [0.2, 0.25) is 0 Å². The van der Waals surface area contributed by atoms with Gasteiger partial charge in [0.15, 0.2) is 0 Å². The van der Waals surface area contributed by atoms with Gasteiger partial charge in [-0.25, -0.2) is 0 Å². The van der Waals surface area contributed by atoms with Crippen molar-refractivity contribution in [3.63, 3.8) is 0 Å². The van der Waals surface area contributed by atoms with Gasteiger partial charge in [-0.3, -0.25) is 9.78 Å². The van der Waals surface area contributed by atoms with Crippen LogP contribution >= 0.6 is 0 Å². The smallest absolute Gasteiger partial charge is 0.253 e. The number of aromatic nitrogens is 1. The molecule has 0 spiro atoms. The lowest BCUT2D eigenvalue weighted by Gasteiger charge is -2.25. The van der Waals surface area contributed by atoms with Gasteiger partial charge in [0, 0.05) is 24.9 Å². The highest BCUT2D eigenvalue weighted by molar-refractivity contribution is 5.95. The van der Waals surface area contributed by atoms with Crippen molar-refractivity contribution in [3.05, 3.63) is 65.0 Å². The van der Waals surface area contributed by atoms with Crippen LogP contribution in [0, 0.1) is 6.92 Å². The number of fused-ring (bicyclic) bond motifs is 1. The van der Waals surface area contributed by atoms with Gasteiger partial charge in [0.25, 0.3) is 5.91 Å². The Labute approximate surface area is 124 Å². The van der Waals surface area contributed by atoms with Crippen molar-refractivity contribution in [3.8, 4) is 0 Å². The van der Waals surface area contributed by atoms with Crippen LogP contribution in [0.15, 0.2) is 42.6 Å². The fraction of sp³-hybridized carbons (Fsp3) is 0.294. The second-order valence-electron chi connectivity index (χ2n) is 5.25. The van der Waals surface area contributed by atoms with Crippen molar-refractivity contribution in [1.29, 1.82) is 0 Å². The molecule has 4 heteroatoms. The molecule has 2 heterocycles. The molecule has 1 N–H and O–H groups in total. The average molecular weight is 282 g/mol. The van der Waals surface area contributed by atoms with Gasteiger partial charge in [-0.15, -0.1) is 0 Å². The Balaban J connectivity index is 1.59. The van der Waals surface area contributed by atoms with Gasteiger partial charge in [-0.1, -0.05) is 24.3 Å². The number of carbonyl (C=O) groups excluding carboxylic acids is 1. The maximum atomic E-state index is 12.1. The third kappa shape index (κ3) is 3.11. The minimum atomic E-state index is -0.0944. The van der Waals surface area contributed by atoms with Crippen LogP contribution in [0.3, 0.4) is 0 Å². The molecule has 1 aliphatic rings. The van der Waals surface area contributed by atoms with E-state index in [-0.39, 0.29) is 12.0 Å². The van der Waals surface area contributed by atoms with E-state index in [0.29, 0.717) is 18.7 Å². The molecular weight excluding hydrogens is 264 g/mol. The van der Waals surface area contributed by atoms with E-state index in [4.69, 9.17) is 4.74 Å². The second kappa shape index (κ2) is 6.06. The molecule has 2 aromatic rings. The first kappa shape index (κ1) is 13.8. The van der Waals surface area contributed by atoms with E-state index >= 15 is 0 Å². The Morgan fingerprint density at radius 3 is 2.90 bits per heavy atom. The molecule has 1 aliphatic heterocycles. The third-order valence-electron chi connectivity index (χ3n) is 3.78. The molecule has 0 fully saturated rings. The maximum absolute atomic E-state index is 12.1. The Morgan fingerprint density at radius 1 is 1.29 bits per heavy atom. The fourth-order valence-electron chi connectivity index (χ4n) is 2.57. The first-order valence-corrected chi connectivity index (χ1v) is 7.12. The lowest BCUT2D eigenvalue weighted by atomic mass is 9.99. The lowest BCUT2D eigenvalue weighted by molar-refractivity contribution is 0.0285. The standard InChI is InChI=1S/C17H18N2O2/c1-12-16(7-4-8-18-12)17(20)19-10-15-9-13-5-2-3-6-14(13)11-21-15/h2-8,15H,9-11H2,1H3,(H,19,20). The van der Waals surface area contributed by atoms with Gasteiger partial charge in [0.2, 0.25) is 0 Å². The number of hydrogen-bond donors (Lipinski definition) is 1. The summed E-state index contributed by atoms with van der Waals surface area (Å²) in [6.07, 6.45) is 2.55. The zero-order chi connectivity index (χ0) is 14.7. The Bertz CT molecular complexity index is 655. The highest BCUT2D eigenvalue weighted by Crippen LogP contribution is 2.19. The van der Waals surface area contributed by atoms with E-state index in [1.54, 1.807) is 18.3 Å². The summed E-state index contributed by atoms with van der Waals surface area (Å²) in [4.78, 5) is 16.3. The molecule has 21 heavy (non-hydrogen) atoms. The molecule has 108 valence electrons. The van der Waals surface area contributed by atoms with Crippen LogP contribution in [-0.2, 0) is 17.8 Å². The van der Waals surface area contributed by atoms with Crippen LogP contribution in [0.1, 0.15) is 27.2 Å². The first-order valence-electron chi connectivity index (χ1n) is 7.12. The molecule has 0 saturated carbocycles. The van der Waals surface area contributed by atoms with Crippen LogP contribution in [0.4, 0.5) is 0 Å². The molecule has 1 aromatic heterocycles. The molecule has 0 bridgehead atoms. The minimum absolute atomic E-state index is 0.0285. The zero-order valence-electron chi connectivity index (χ0n) is 12.0. The maximum Gasteiger partial charge on any atom is 0.253 e. The summed E-state index contributed by atoms with van der Waals surface area (Å²) in [5, 5.41) is 2.94. The predicted octanol–water partition coefficient (Wildman–Crippen LogP) is 2.26. The van der Waals surface area contributed by atoms with Crippen LogP contribution < -0.4 is 5.32 Å². The number of nitrogens with one attached hydrogen (secondary N) is 1. The predicted molar refractivity (Wildman–Crippen MR) is 80.0 cm³/mol. The number of amides is 1. The number of pyridine rings is 1. The van der Waals surface area contributed by atoms with Crippen molar-refractivity contribution < 1.29 is 9.53 Å². The molecule has 3 rings (SSSR count). The van der Waals surface area contributed by atoms with Gasteiger partial charge >= 0.3 is 0 Å². The molecule has 0 aliphatic carbocycles. The number of carbonyl (C=O) groups is 1. The van der Waals surface area contributed by atoms with Gasteiger partial charge in [0.05, 0.1) is 18.3 Å². The number of ether oxygens (including phenoxy) is 1. The summed E-state index contributed by atoms with van der Waals surface area (Å²) in [6, 6.07) is 11.8. The van der Waals surface area contributed by atoms with Crippen molar-refractivity contribution in [2.75, 3.05) is 6.54 Å². The van der Waals surface area contributed by atoms with E-state index < -0.39 is 0 Å². The molecule has 1 aromatic carbocycles. The first-order chi connectivity index (χ1) is 10.2.